The minimum absolute atomic E-state index is 0.139. The molecule has 1 unspecified atom stereocenters. The van der Waals surface area contributed by atoms with E-state index in [0.717, 1.165) is 43.7 Å². The molecule has 7 heteroatoms. The van der Waals surface area contributed by atoms with Crippen molar-refractivity contribution in [1.29, 1.82) is 0 Å². The van der Waals surface area contributed by atoms with E-state index in [0.29, 0.717) is 11.1 Å². The van der Waals surface area contributed by atoms with Crippen LogP contribution in [0, 0.1) is 20.8 Å². The first-order valence-electron chi connectivity index (χ1n) is 11.6. The van der Waals surface area contributed by atoms with Crippen LogP contribution in [0.5, 0.6) is 0 Å². The Hall–Kier alpha value is -3.45. The lowest BCUT2D eigenvalue weighted by atomic mass is 9.98. The number of aromatic nitrogens is 2. The predicted molar refractivity (Wildman–Crippen MR) is 143 cm³/mol. The van der Waals surface area contributed by atoms with Crippen LogP contribution < -0.4 is 10.9 Å². The number of H-pyrrole nitrogens is 1. The highest BCUT2D eigenvalue weighted by Gasteiger charge is 2.19. The van der Waals surface area contributed by atoms with Crippen molar-refractivity contribution in [2.75, 3.05) is 6.26 Å². The number of pyridine rings is 1. The van der Waals surface area contributed by atoms with Gasteiger partial charge in [0.1, 0.15) is 0 Å². The van der Waals surface area contributed by atoms with Crippen molar-refractivity contribution in [2.24, 2.45) is 0 Å². The standard InChI is InChI=1S/C28H31N3O3S/c1-16(2)31-15-18(4)26-23(27(32)29-14-24-17(3)10-19(5)30-28(24)33)12-21(13-25(26)31)20-8-7-9-22(11-20)35(6)34/h7-13,15-16H,14H2,1-6H3,(H,29,32)(H,30,33). The van der Waals surface area contributed by atoms with E-state index >= 15 is 0 Å². The molecule has 182 valence electrons. The van der Waals surface area contributed by atoms with E-state index in [9.17, 15) is 13.8 Å². The summed E-state index contributed by atoms with van der Waals surface area (Å²) >= 11 is 0. The normalized spacial score (nSPS) is 12.3. The summed E-state index contributed by atoms with van der Waals surface area (Å²) in [5.74, 6) is -0.240. The molecule has 2 N–H and O–H groups in total. The van der Waals surface area contributed by atoms with Crippen molar-refractivity contribution in [3.05, 3.63) is 87.0 Å². The summed E-state index contributed by atoms with van der Waals surface area (Å²) in [5.41, 5.74) is 6.30. The molecule has 1 atom stereocenters. The molecule has 4 rings (SSSR count). The van der Waals surface area contributed by atoms with Crippen molar-refractivity contribution in [2.45, 2.75) is 52.1 Å². The fourth-order valence-corrected chi connectivity index (χ4v) is 5.14. The van der Waals surface area contributed by atoms with Gasteiger partial charge in [0, 0.05) is 68.5 Å². The van der Waals surface area contributed by atoms with E-state index in [1.165, 1.54) is 0 Å². The van der Waals surface area contributed by atoms with E-state index in [1.807, 2.05) is 57.2 Å². The fraction of sp³-hybridized carbons (Fsp3) is 0.286. The highest BCUT2D eigenvalue weighted by molar-refractivity contribution is 7.84. The third-order valence-electron chi connectivity index (χ3n) is 6.34. The Balaban J connectivity index is 1.83. The maximum atomic E-state index is 13.5. The number of aromatic amines is 1. The second-order valence-electron chi connectivity index (χ2n) is 9.34. The Morgan fingerprint density at radius 2 is 1.80 bits per heavy atom. The van der Waals surface area contributed by atoms with Gasteiger partial charge in [-0.2, -0.15) is 0 Å². The van der Waals surface area contributed by atoms with Crippen LogP contribution >= 0.6 is 0 Å². The van der Waals surface area contributed by atoms with Gasteiger partial charge in [-0.05, 0) is 87.2 Å². The molecule has 0 radical (unpaired) electrons. The van der Waals surface area contributed by atoms with E-state index in [1.54, 1.807) is 6.26 Å². The molecule has 2 heterocycles. The number of hydrogen-bond donors (Lipinski definition) is 2. The number of carbonyl (C=O) groups is 1. The Bertz CT molecular complexity index is 1530. The smallest absolute Gasteiger partial charge is 0.253 e. The first kappa shape index (κ1) is 24.7. The van der Waals surface area contributed by atoms with Gasteiger partial charge in [0.15, 0.2) is 0 Å². The molecule has 0 spiro atoms. The van der Waals surface area contributed by atoms with Gasteiger partial charge < -0.3 is 14.9 Å². The summed E-state index contributed by atoms with van der Waals surface area (Å²) < 4.78 is 14.2. The van der Waals surface area contributed by atoms with E-state index < -0.39 is 10.8 Å². The van der Waals surface area contributed by atoms with Gasteiger partial charge in [0.2, 0.25) is 0 Å². The lowest BCUT2D eigenvalue weighted by Crippen LogP contribution is -2.28. The molecule has 0 saturated heterocycles. The quantitative estimate of drug-likeness (QED) is 0.392. The van der Waals surface area contributed by atoms with Gasteiger partial charge >= 0.3 is 0 Å². The molecular formula is C28H31N3O3S. The molecule has 0 bridgehead atoms. The summed E-state index contributed by atoms with van der Waals surface area (Å²) in [6, 6.07) is 13.7. The van der Waals surface area contributed by atoms with Crippen molar-refractivity contribution >= 4 is 27.6 Å². The summed E-state index contributed by atoms with van der Waals surface area (Å²) in [5, 5.41) is 3.86. The minimum Gasteiger partial charge on any atom is -0.348 e. The average Bonchev–Trinajstić information content (AvgIpc) is 3.14. The Labute approximate surface area is 207 Å². The molecule has 4 aromatic rings. The van der Waals surface area contributed by atoms with Gasteiger partial charge in [-0.15, -0.1) is 0 Å². The third kappa shape index (κ3) is 4.86. The number of benzene rings is 2. The molecule has 1 amide bonds. The zero-order valence-corrected chi connectivity index (χ0v) is 21.8. The van der Waals surface area contributed by atoms with Crippen LogP contribution in [-0.2, 0) is 17.3 Å². The largest absolute Gasteiger partial charge is 0.348 e. The lowest BCUT2D eigenvalue weighted by Gasteiger charge is -2.14. The number of hydrogen-bond acceptors (Lipinski definition) is 3. The second-order valence-corrected chi connectivity index (χ2v) is 10.7. The Morgan fingerprint density at radius 3 is 2.46 bits per heavy atom. The molecule has 6 nitrogen and oxygen atoms in total. The average molecular weight is 490 g/mol. The molecular weight excluding hydrogens is 458 g/mol. The summed E-state index contributed by atoms with van der Waals surface area (Å²) in [4.78, 5) is 29.5. The van der Waals surface area contributed by atoms with Crippen molar-refractivity contribution in [3.8, 4) is 11.1 Å². The number of rotatable bonds is 6. The van der Waals surface area contributed by atoms with Gasteiger partial charge in [0.25, 0.3) is 11.5 Å². The van der Waals surface area contributed by atoms with Crippen LogP contribution in [0.4, 0.5) is 0 Å². The zero-order valence-electron chi connectivity index (χ0n) is 21.0. The summed E-state index contributed by atoms with van der Waals surface area (Å²) in [6.07, 6.45) is 3.73. The number of nitrogens with one attached hydrogen (secondary N) is 2. The van der Waals surface area contributed by atoms with E-state index in [-0.39, 0.29) is 24.1 Å². The highest BCUT2D eigenvalue weighted by Crippen LogP contribution is 2.33. The van der Waals surface area contributed by atoms with Crippen molar-refractivity contribution < 1.29 is 9.00 Å². The molecule has 0 fully saturated rings. The second kappa shape index (κ2) is 9.66. The third-order valence-corrected chi connectivity index (χ3v) is 7.26. The van der Waals surface area contributed by atoms with Gasteiger partial charge in [-0.25, -0.2) is 0 Å². The first-order chi connectivity index (χ1) is 16.6. The molecule has 35 heavy (non-hydrogen) atoms. The fourth-order valence-electron chi connectivity index (χ4n) is 4.58. The molecule has 0 saturated carbocycles. The maximum Gasteiger partial charge on any atom is 0.253 e. The number of aryl methyl sites for hydroxylation is 3. The monoisotopic (exact) mass is 489 g/mol. The van der Waals surface area contributed by atoms with Crippen molar-refractivity contribution in [1.82, 2.24) is 14.9 Å². The van der Waals surface area contributed by atoms with Crippen LogP contribution in [0.15, 0.2) is 58.4 Å². The summed E-state index contributed by atoms with van der Waals surface area (Å²) in [6.45, 7) is 10.1. The lowest BCUT2D eigenvalue weighted by molar-refractivity contribution is 0.0952. The molecule has 0 aliphatic carbocycles. The van der Waals surface area contributed by atoms with Crippen LogP contribution in [-0.4, -0.2) is 25.9 Å². The van der Waals surface area contributed by atoms with Gasteiger partial charge in [0.05, 0.1) is 0 Å². The van der Waals surface area contributed by atoms with Crippen LogP contribution in [0.1, 0.15) is 52.6 Å². The Kier molecular flexibility index (Phi) is 6.81. The molecule has 0 aliphatic rings. The number of carbonyl (C=O) groups excluding carboxylic acids is 1. The molecule has 2 aromatic heterocycles. The first-order valence-corrected chi connectivity index (χ1v) is 13.2. The number of nitrogens with zero attached hydrogens (tertiary/aromatic N) is 1. The van der Waals surface area contributed by atoms with Gasteiger partial charge in [-0.1, -0.05) is 12.1 Å². The summed E-state index contributed by atoms with van der Waals surface area (Å²) in [7, 11) is -1.11. The van der Waals surface area contributed by atoms with E-state index in [4.69, 9.17) is 0 Å². The predicted octanol–water partition coefficient (Wildman–Crippen LogP) is 5.17. The van der Waals surface area contributed by atoms with Crippen LogP contribution in [0.3, 0.4) is 0 Å². The maximum absolute atomic E-state index is 13.5. The van der Waals surface area contributed by atoms with E-state index in [2.05, 4.69) is 41.0 Å². The van der Waals surface area contributed by atoms with Gasteiger partial charge in [-0.3, -0.25) is 13.8 Å². The number of fused-ring (bicyclic) bond motifs is 1. The van der Waals surface area contributed by atoms with Crippen molar-refractivity contribution in [3.63, 3.8) is 0 Å². The Morgan fingerprint density at radius 1 is 1.06 bits per heavy atom. The number of amides is 1. The minimum atomic E-state index is -1.11. The SMILES string of the molecule is Cc1cc(C)c(CNC(=O)c2cc(-c3cccc(S(C)=O)c3)cc3c2c(C)cn3C(C)C)c(=O)[nH]1. The topological polar surface area (TPSA) is 84.0 Å². The highest BCUT2D eigenvalue weighted by atomic mass is 32.2. The van der Waals surface area contributed by atoms with Crippen LogP contribution in [0.25, 0.3) is 22.0 Å². The molecule has 0 aliphatic heterocycles. The molecule has 2 aromatic carbocycles. The zero-order chi connectivity index (χ0) is 25.4. The van der Waals surface area contributed by atoms with Crippen LogP contribution in [0.2, 0.25) is 0 Å².